The van der Waals surface area contributed by atoms with Gasteiger partial charge in [0.25, 0.3) is 0 Å². The first-order valence-corrected chi connectivity index (χ1v) is 7.49. The predicted octanol–water partition coefficient (Wildman–Crippen LogP) is 2.18. The monoisotopic (exact) mass is 328 g/mol. The summed E-state index contributed by atoms with van der Waals surface area (Å²) in [6.45, 7) is 0.0964. The fourth-order valence-corrected chi connectivity index (χ4v) is 3.63. The Hall–Kier alpha value is -2.89. The largest absolute Gasteiger partial charge is 0.507 e. The first-order valence-electron chi connectivity index (χ1n) is 7.49. The van der Waals surface area contributed by atoms with Gasteiger partial charge in [0.05, 0.1) is 14.2 Å². The van der Waals surface area contributed by atoms with Crippen LogP contribution in [0.3, 0.4) is 0 Å². The van der Waals surface area contributed by atoms with Crippen molar-refractivity contribution in [3.63, 3.8) is 0 Å². The molecule has 2 N–H and O–H groups in total. The second-order valence-electron chi connectivity index (χ2n) is 6.05. The average molecular weight is 328 g/mol. The molecule has 1 atom stereocenters. The zero-order valence-corrected chi connectivity index (χ0v) is 13.3. The molecule has 0 fully saturated rings. The zero-order chi connectivity index (χ0) is 17.1. The third-order valence-electron chi connectivity index (χ3n) is 4.84. The number of phenolic OH excluding ortho intramolecular Hbond substituents is 2. The molecule has 2 aliphatic rings. The molecule has 0 unspecified atom stereocenters. The van der Waals surface area contributed by atoms with Gasteiger partial charge in [-0.3, -0.25) is 4.79 Å². The summed E-state index contributed by atoms with van der Waals surface area (Å²) in [5.74, 6) is 0.510. The maximum atomic E-state index is 13.1. The van der Waals surface area contributed by atoms with E-state index in [-0.39, 0.29) is 29.5 Å². The molecule has 124 valence electrons. The molecule has 0 aromatic heterocycles. The van der Waals surface area contributed by atoms with Crippen LogP contribution in [0, 0.1) is 0 Å². The molecule has 0 radical (unpaired) electrons. The number of phenols is 2. The number of hydrogen-bond acceptors (Lipinski definition) is 6. The molecule has 2 aromatic carbocycles. The van der Waals surface area contributed by atoms with E-state index < -0.39 is 5.41 Å². The summed E-state index contributed by atoms with van der Waals surface area (Å²) in [6.07, 6.45) is 0.448. The Balaban J connectivity index is 1.86. The zero-order valence-electron chi connectivity index (χ0n) is 13.3. The van der Waals surface area contributed by atoms with E-state index in [1.165, 1.54) is 20.3 Å². The molecule has 4 rings (SSSR count). The Morgan fingerprint density at radius 3 is 2.67 bits per heavy atom. The quantitative estimate of drug-likeness (QED) is 0.879. The van der Waals surface area contributed by atoms with Crippen molar-refractivity contribution in [2.45, 2.75) is 11.8 Å². The van der Waals surface area contributed by atoms with E-state index in [4.69, 9.17) is 14.2 Å². The number of Topliss-reactive ketones (excluding diaryl/α,β-unsaturated/α-hetero) is 1. The molecule has 0 saturated heterocycles. The van der Waals surface area contributed by atoms with E-state index in [1.54, 1.807) is 12.1 Å². The van der Waals surface area contributed by atoms with E-state index in [1.807, 2.05) is 6.07 Å². The minimum atomic E-state index is -0.993. The highest BCUT2D eigenvalue weighted by molar-refractivity contribution is 6.11. The molecular weight excluding hydrogens is 312 g/mol. The molecule has 6 heteroatoms. The van der Waals surface area contributed by atoms with Gasteiger partial charge in [0.1, 0.15) is 34.8 Å². The van der Waals surface area contributed by atoms with Crippen molar-refractivity contribution in [1.29, 1.82) is 0 Å². The number of rotatable bonds is 2. The lowest BCUT2D eigenvalue weighted by Gasteiger charge is -2.45. The summed E-state index contributed by atoms with van der Waals surface area (Å²) < 4.78 is 16.0. The molecule has 1 spiro atoms. The Kier molecular flexibility index (Phi) is 2.94. The van der Waals surface area contributed by atoms with E-state index in [0.717, 1.165) is 5.56 Å². The first-order chi connectivity index (χ1) is 11.5. The SMILES string of the molecule is COc1cc(O)c2c(c1)OC[C@@]1(Cc3ccc(OC)c(O)c31)C2=O. The minimum Gasteiger partial charge on any atom is -0.507 e. The van der Waals surface area contributed by atoms with Gasteiger partial charge in [-0.05, 0) is 18.1 Å². The van der Waals surface area contributed by atoms with Gasteiger partial charge in [0.15, 0.2) is 17.3 Å². The van der Waals surface area contributed by atoms with Crippen molar-refractivity contribution in [2.75, 3.05) is 20.8 Å². The van der Waals surface area contributed by atoms with Crippen LogP contribution in [0.15, 0.2) is 24.3 Å². The van der Waals surface area contributed by atoms with Gasteiger partial charge < -0.3 is 24.4 Å². The van der Waals surface area contributed by atoms with Gasteiger partial charge in [-0.25, -0.2) is 0 Å². The van der Waals surface area contributed by atoms with Gasteiger partial charge in [0.2, 0.25) is 0 Å². The summed E-state index contributed by atoms with van der Waals surface area (Å²) in [7, 11) is 2.93. The summed E-state index contributed by atoms with van der Waals surface area (Å²) in [5.41, 5.74) is 0.525. The van der Waals surface area contributed by atoms with Crippen molar-refractivity contribution in [3.8, 4) is 28.7 Å². The Labute approximate surface area is 138 Å². The van der Waals surface area contributed by atoms with Crippen LogP contribution in [-0.2, 0) is 11.8 Å². The third-order valence-corrected chi connectivity index (χ3v) is 4.84. The summed E-state index contributed by atoms with van der Waals surface area (Å²) in [6, 6.07) is 6.45. The number of carbonyl (C=O) groups is 1. The molecular formula is C18H16O6. The lowest BCUT2D eigenvalue weighted by molar-refractivity contribution is 0.0716. The molecule has 0 amide bonds. The second-order valence-corrected chi connectivity index (χ2v) is 6.05. The average Bonchev–Trinajstić information content (AvgIpc) is 2.54. The molecule has 24 heavy (non-hydrogen) atoms. The predicted molar refractivity (Wildman–Crippen MR) is 84.5 cm³/mol. The topological polar surface area (TPSA) is 85.2 Å². The molecule has 0 bridgehead atoms. The van der Waals surface area contributed by atoms with Crippen LogP contribution in [0.2, 0.25) is 0 Å². The van der Waals surface area contributed by atoms with Gasteiger partial charge in [-0.2, -0.15) is 0 Å². The number of methoxy groups -OCH3 is 2. The van der Waals surface area contributed by atoms with E-state index >= 15 is 0 Å². The maximum Gasteiger partial charge on any atom is 0.184 e. The summed E-state index contributed by atoms with van der Waals surface area (Å²) in [4.78, 5) is 13.1. The highest BCUT2D eigenvalue weighted by Crippen LogP contribution is 2.54. The van der Waals surface area contributed by atoms with Crippen LogP contribution in [0.5, 0.6) is 28.7 Å². The normalized spacial score (nSPS) is 20.7. The third kappa shape index (κ3) is 1.68. The number of aromatic hydroxyl groups is 2. The Morgan fingerprint density at radius 2 is 1.96 bits per heavy atom. The second kappa shape index (κ2) is 4.80. The van der Waals surface area contributed by atoms with E-state index in [0.29, 0.717) is 29.2 Å². The smallest absolute Gasteiger partial charge is 0.184 e. The molecule has 2 aromatic rings. The first kappa shape index (κ1) is 14.7. The van der Waals surface area contributed by atoms with Crippen molar-refractivity contribution < 1.29 is 29.2 Å². The number of fused-ring (bicyclic) bond motifs is 3. The number of benzene rings is 2. The fraction of sp³-hybridized carbons (Fsp3) is 0.278. The van der Waals surface area contributed by atoms with Crippen molar-refractivity contribution in [3.05, 3.63) is 41.0 Å². The van der Waals surface area contributed by atoms with Crippen molar-refractivity contribution in [1.82, 2.24) is 0 Å². The van der Waals surface area contributed by atoms with Crippen LogP contribution in [0.1, 0.15) is 21.5 Å². The van der Waals surface area contributed by atoms with Gasteiger partial charge in [0, 0.05) is 17.7 Å². The highest BCUT2D eigenvalue weighted by atomic mass is 16.5. The number of ketones is 1. The van der Waals surface area contributed by atoms with E-state index in [9.17, 15) is 15.0 Å². The van der Waals surface area contributed by atoms with E-state index in [2.05, 4.69) is 0 Å². The molecule has 0 saturated carbocycles. The fourth-order valence-electron chi connectivity index (χ4n) is 3.63. The lowest BCUT2D eigenvalue weighted by atomic mass is 9.59. The number of ether oxygens (including phenoxy) is 3. The van der Waals surface area contributed by atoms with Crippen LogP contribution < -0.4 is 14.2 Å². The maximum absolute atomic E-state index is 13.1. The van der Waals surface area contributed by atoms with Crippen LogP contribution >= 0.6 is 0 Å². The highest BCUT2D eigenvalue weighted by Gasteiger charge is 2.55. The van der Waals surface area contributed by atoms with Crippen molar-refractivity contribution >= 4 is 5.78 Å². The van der Waals surface area contributed by atoms with Crippen LogP contribution in [0.4, 0.5) is 0 Å². The molecule has 1 aliphatic carbocycles. The molecule has 6 nitrogen and oxygen atoms in total. The standard InChI is InChI=1S/C18H16O6/c1-22-10-5-11(19)14-13(6-10)24-8-18(17(14)21)7-9-3-4-12(23-2)16(20)15(9)18/h3-6,19-20H,7-8H2,1-2H3/t18-/m1/s1. The lowest BCUT2D eigenvalue weighted by Crippen LogP contribution is -2.53. The van der Waals surface area contributed by atoms with Crippen molar-refractivity contribution in [2.24, 2.45) is 0 Å². The molecule has 1 heterocycles. The van der Waals surface area contributed by atoms with Crippen LogP contribution in [-0.4, -0.2) is 36.8 Å². The van der Waals surface area contributed by atoms with Gasteiger partial charge in [-0.15, -0.1) is 0 Å². The Bertz CT molecular complexity index is 872. The van der Waals surface area contributed by atoms with Gasteiger partial charge in [-0.1, -0.05) is 6.07 Å². The summed E-state index contributed by atoms with van der Waals surface area (Å²) >= 11 is 0. The number of carbonyl (C=O) groups excluding carboxylic acids is 1. The molecule has 1 aliphatic heterocycles. The number of hydrogen-bond donors (Lipinski definition) is 2. The van der Waals surface area contributed by atoms with Gasteiger partial charge >= 0.3 is 0 Å². The summed E-state index contributed by atoms with van der Waals surface area (Å²) in [5, 5.41) is 20.7. The van der Waals surface area contributed by atoms with Crippen LogP contribution in [0.25, 0.3) is 0 Å². The Morgan fingerprint density at radius 1 is 1.17 bits per heavy atom. The minimum absolute atomic E-state index is 0.0466.